The van der Waals surface area contributed by atoms with Crippen LogP contribution in [-0.4, -0.2) is 28.7 Å². The Morgan fingerprint density at radius 1 is 1.17 bits per heavy atom. The summed E-state index contributed by atoms with van der Waals surface area (Å²) >= 11 is 0. The van der Waals surface area contributed by atoms with E-state index in [1.54, 1.807) is 5.32 Å². The van der Waals surface area contributed by atoms with Gasteiger partial charge in [-0.3, -0.25) is 4.79 Å². The number of hydrogen-bond donors (Lipinski definition) is 2. The fourth-order valence-corrected chi connectivity index (χ4v) is 2.52. The molecular weight excluding hydrogens is 251 g/mol. The van der Waals surface area contributed by atoms with Gasteiger partial charge in [0.1, 0.15) is 0 Å². The number of amides is 1. The predicted octanol–water partition coefficient (Wildman–Crippen LogP) is 1.55. The van der Waals surface area contributed by atoms with Gasteiger partial charge >= 0.3 is 12.1 Å². The van der Waals surface area contributed by atoms with E-state index in [1.165, 1.54) is 0 Å². The first-order chi connectivity index (χ1) is 8.15. The SMILES string of the molecule is CC(NC(=O)C1CC2CC2C1)(C(=O)O)C(F)(F)F. The van der Waals surface area contributed by atoms with Gasteiger partial charge in [-0.15, -0.1) is 0 Å². The van der Waals surface area contributed by atoms with Crippen molar-refractivity contribution in [2.45, 2.75) is 37.9 Å². The highest BCUT2D eigenvalue weighted by molar-refractivity contribution is 5.88. The molecule has 3 unspecified atom stereocenters. The van der Waals surface area contributed by atoms with Crippen LogP contribution in [0.3, 0.4) is 0 Å². The molecule has 0 aromatic carbocycles. The van der Waals surface area contributed by atoms with Crippen LogP contribution in [0.15, 0.2) is 0 Å². The highest BCUT2D eigenvalue weighted by atomic mass is 19.4. The summed E-state index contributed by atoms with van der Waals surface area (Å²) in [5, 5.41) is 10.3. The van der Waals surface area contributed by atoms with Crippen molar-refractivity contribution in [3.05, 3.63) is 0 Å². The van der Waals surface area contributed by atoms with Crippen LogP contribution in [0.2, 0.25) is 0 Å². The molecule has 102 valence electrons. The molecule has 0 aromatic heterocycles. The molecule has 18 heavy (non-hydrogen) atoms. The summed E-state index contributed by atoms with van der Waals surface area (Å²) in [6.45, 7) is 0.475. The number of nitrogens with one attached hydrogen (secondary N) is 1. The number of carboxylic acids is 1. The van der Waals surface area contributed by atoms with Gasteiger partial charge < -0.3 is 10.4 Å². The molecule has 2 rings (SSSR count). The van der Waals surface area contributed by atoms with E-state index >= 15 is 0 Å². The number of hydrogen-bond acceptors (Lipinski definition) is 2. The Kier molecular flexibility index (Phi) is 2.82. The summed E-state index contributed by atoms with van der Waals surface area (Å²) in [6, 6.07) is 0. The number of rotatable bonds is 3. The third-order valence-electron chi connectivity index (χ3n) is 3.98. The molecule has 1 amide bonds. The maximum atomic E-state index is 12.7. The van der Waals surface area contributed by atoms with Gasteiger partial charge in [0.25, 0.3) is 0 Å². The summed E-state index contributed by atoms with van der Waals surface area (Å²) in [4.78, 5) is 22.5. The van der Waals surface area contributed by atoms with E-state index in [0.29, 0.717) is 31.6 Å². The Balaban J connectivity index is 2.05. The molecule has 0 aromatic rings. The van der Waals surface area contributed by atoms with Gasteiger partial charge in [0.05, 0.1) is 0 Å². The molecule has 2 aliphatic rings. The number of aliphatic carboxylic acids is 1. The Bertz CT molecular complexity index is 385. The van der Waals surface area contributed by atoms with Crippen molar-refractivity contribution in [3.63, 3.8) is 0 Å². The quantitative estimate of drug-likeness (QED) is 0.813. The third kappa shape index (κ3) is 2.06. The Morgan fingerprint density at radius 2 is 1.67 bits per heavy atom. The molecule has 0 radical (unpaired) electrons. The second-order valence-corrected chi connectivity index (χ2v) is 5.34. The van der Waals surface area contributed by atoms with Gasteiger partial charge in [0, 0.05) is 5.92 Å². The first-order valence-corrected chi connectivity index (χ1v) is 5.77. The Hall–Kier alpha value is -1.27. The average molecular weight is 265 g/mol. The lowest BCUT2D eigenvalue weighted by atomic mass is 9.97. The molecule has 2 N–H and O–H groups in total. The number of fused-ring (bicyclic) bond motifs is 1. The topological polar surface area (TPSA) is 66.4 Å². The van der Waals surface area contributed by atoms with Crippen molar-refractivity contribution in [3.8, 4) is 0 Å². The molecule has 0 bridgehead atoms. The highest BCUT2D eigenvalue weighted by Gasteiger charge is 2.59. The summed E-state index contributed by atoms with van der Waals surface area (Å²) in [5.41, 5.74) is -3.21. The second-order valence-electron chi connectivity index (χ2n) is 5.34. The molecule has 2 fully saturated rings. The van der Waals surface area contributed by atoms with Gasteiger partial charge in [-0.05, 0) is 38.0 Å². The van der Waals surface area contributed by atoms with Crippen LogP contribution >= 0.6 is 0 Å². The molecular formula is C11H14F3NO3. The minimum absolute atomic E-state index is 0.447. The summed E-state index contributed by atoms with van der Waals surface area (Å²) in [7, 11) is 0. The average Bonchev–Trinajstić information content (AvgIpc) is 2.83. The Labute approximate surface area is 102 Å². The molecule has 0 aliphatic heterocycles. The van der Waals surface area contributed by atoms with Crippen LogP contribution in [-0.2, 0) is 9.59 Å². The molecule has 3 atom stereocenters. The van der Waals surface area contributed by atoms with Crippen molar-refractivity contribution in [2.75, 3.05) is 0 Å². The second kappa shape index (κ2) is 3.86. The van der Waals surface area contributed by atoms with E-state index in [1.807, 2.05) is 0 Å². The van der Waals surface area contributed by atoms with E-state index in [-0.39, 0.29) is 0 Å². The van der Waals surface area contributed by atoms with Crippen LogP contribution in [0.1, 0.15) is 26.2 Å². The van der Waals surface area contributed by atoms with Crippen LogP contribution in [0, 0.1) is 17.8 Å². The van der Waals surface area contributed by atoms with Gasteiger partial charge in [-0.2, -0.15) is 13.2 Å². The van der Waals surface area contributed by atoms with Gasteiger partial charge in [-0.25, -0.2) is 4.79 Å². The fourth-order valence-electron chi connectivity index (χ4n) is 2.52. The van der Waals surface area contributed by atoms with Crippen molar-refractivity contribution in [2.24, 2.45) is 17.8 Å². The zero-order valence-corrected chi connectivity index (χ0v) is 9.75. The normalized spacial score (nSPS) is 33.4. The summed E-state index contributed by atoms with van der Waals surface area (Å²) < 4.78 is 38.1. The van der Waals surface area contributed by atoms with Gasteiger partial charge in [-0.1, -0.05) is 0 Å². The molecule has 2 aliphatic carbocycles. The first-order valence-electron chi connectivity index (χ1n) is 5.77. The fraction of sp³-hybridized carbons (Fsp3) is 0.818. The standard InChI is InChI=1S/C11H14F3NO3/c1-10(9(17)18,11(12,13)14)15-8(16)7-3-5-2-6(5)4-7/h5-7H,2-4H2,1H3,(H,15,16)(H,17,18). The van der Waals surface area contributed by atoms with E-state index < -0.39 is 29.5 Å². The molecule has 7 heteroatoms. The number of carbonyl (C=O) groups is 2. The van der Waals surface area contributed by atoms with E-state index in [9.17, 15) is 22.8 Å². The van der Waals surface area contributed by atoms with Crippen LogP contribution < -0.4 is 5.32 Å². The molecule has 0 heterocycles. The number of alkyl halides is 3. The van der Waals surface area contributed by atoms with Crippen molar-refractivity contribution >= 4 is 11.9 Å². The zero-order chi connectivity index (χ0) is 13.7. The molecule has 4 nitrogen and oxygen atoms in total. The first kappa shape index (κ1) is 13.2. The third-order valence-corrected chi connectivity index (χ3v) is 3.98. The Morgan fingerprint density at radius 3 is 2.06 bits per heavy atom. The monoisotopic (exact) mass is 265 g/mol. The van der Waals surface area contributed by atoms with Crippen LogP contribution in [0.5, 0.6) is 0 Å². The predicted molar refractivity (Wildman–Crippen MR) is 54.6 cm³/mol. The summed E-state index contributed by atoms with van der Waals surface area (Å²) in [5.74, 6) is -2.48. The molecule has 0 spiro atoms. The minimum Gasteiger partial charge on any atom is -0.479 e. The van der Waals surface area contributed by atoms with Crippen molar-refractivity contribution < 1.29 is 27.9 Å². The highest BCUT2D eigenvalue weighted by Crippen LogP contribution is 2.54. The van der Waals surface area contributed by atoms with E-state index in [4.69, 9.17) is 5.11 Å². The number of carbonyl (C=O) groups excluding carboxylic acids is 1. The zero-order valence-electron chi connectivity index (χ0n) is 9.75. The maximum Gasteiger partial charge on any atom is 0.422 e. The minimum atomic E-state index is -5.02. The lowest BCUT2D eigenvalue weighted by Crippen LogP contribution is -2.62. The van der Waals surface area contributed by atoms with E-state index in [0.717, 1.165) is 6.42 Å². The van der Waals surface area contributed by atoms with E-state index in [2.05, 4.69) is 0 Å². The lowest BCUT2D eigenvalue weighted by Gasteiger charge is -2.29. The lowest BCUT2D eigenvalue weighted by molar-refractivity contribution is -0.207. The molecule has 2 saturated carbocycles. The van der Waals surface area contributed by atoms with Crippen molar-refractivity contribution in [1.29, 1.82) is 0 Å². The number of halogens is 3. The van der Waals surface area contributed by atoms with Crippen LogP contribution in [0.4, 0.5) is 13.2 Å². The van der Waals surface area contributed by atoms with Gasteiger partial charge in [0.15, 0.2) is 0 Å². The smallest absolute Gasteiger partial charge is 0.422 e. The largest absolute Gasteiger partial charge is 0.479 e. The van der Waals surface area contributed by atoms with Crippen LogP contribution in [0.25, 0.3) is 0 Å². The summed E-state index contributed by atoms with van der Waals surface area (Å²) in [6.07, 6.45) is -2.83. The van der Waals surface area contributed by atoms with Crippen molar-refractivity contribution in [1.82, 2.24) is 5.32 Å². The molecule has 0 saturated heterocycles. The maximum absolute atomic E-state index is 12.7. The van der Waals surface area contributed by atoms with Gasteiger partial charge in [0.2, 0.25) is 11.4 Å². The number of carboxylic acid groups (broad SMARTS) is 1.